The molecule has 0 radical (unpaired) electrons. The van der Waals surface area contributed by atoms with Gasteiger partial charge in [0.1, 0.15) is 0 Å². The fourth-order valence-corrected chi connectivity index (χ4v) is 2.76. The summed E-state index contributed by atoms with van der Waals surface area (Å²) in [5.41, 5.74) is 0. The van der Waals surface area contributed by atoms with Crippen molar-refractivity contribution in [2.45, 2.75) is 0 Å². The van der Waals surface area contributed by atoms with E-state index in [4.69, 9.17) is 24.4 Å². The number of rotatable bonds is 4. The second kappa shape index (κ2) is 8.27. The van der Waals surface area contributed by atoms with Gasteiger partial charge in [-0.25, -0.2) is 0 Å². The number of thiocarbonyl (C=S) groups is 2. The first-order chi connectivity index (χ1) is 11.0. The van der Waals surface area contributed by atoms with Crippen molar-refractivity contribution in [3.63, 3.8) is 0 Å². The van der Waals surface area contributed by atoms with Crippen LogP contribution in [0.1, 0.15) is 0 Å². The minimum Gasteiger partial charge on any atom is -0.366 e. The molecular formula is C13H20N6O2S2. The molecule has 0 bridgehead atoms. The first kappa shape index (κ1) is 17.7. The predicted molar refractivity (Wildman–Crippen MR) is 95.4 cm³/mol. The van der Waals surface area contributed by atoms with E-state index in [0.29, 0.717) is 6.54 Å². The van der Waals surface area contributed by atoms with Gasteiger partial charge in [-0.2, -0.15) is 0 Å². The van der Waals surface area contributed by atoms with Crippen LogP contribution in [-0.2, 0) is 9.59 Å². The molecule has 0 aliphatic carbocycles. The summed E-state index contributed by atoms with van der Waals surface area (Å²) in [5, 5.41) is 8.61. The third kappa shape index (κ3) is 4.91. The maximum absolute atomic E-state index is 11.7. The molecule has 23 heavy (non-hydrogen) atoms. The molecule has 2 rings (SSSR count). The molecule has 0 unspecified atom stereocenters. The molecule has 0 atom stereocenters. The van der Waals surface area contributed by atoms with Crippen molar-refractivity contribution in [1.29, 1.82) is 0 Å². The van der Waals surface area contributed by atoms with Crippen molar-refractivity contribution < 1.29 is 9.59 Å². The Labute approximate surface area is 145 Å². The molecule has 0 aromatic carbocycles. The molecular weight excluding hydrogens is 336 g/mol. The lowest BCUT2D eigenvalue weighted by Gasteiger charge is -2.35. The third-order valence-corrected chi connectivity index (χ3v) is 4.38. The van der Waals surface area contributed by atoms with Crippen LogP contribution in [0.15, 0.2) is 4.99 Å². The summed E-state index contributed by atoms with van der Waals surface area (Å²) in [4.78, 5) is 31.9. The Bertz CT molecular complexity index is 511. The number of amides is 2. The number of aliphatic imine (C=N–C) groups is 1. The van der Waals surface area contributed by atoms with Crippen LogP contribution >= 0.6 is 24.4 Å². The highest BCUT2D eigenvalue weighted by atomic mass is 32.1. The summed E-state index contributed by atoms with van der Waals surface area (Å²) in [5.74, 6) is -1.78. The summed E-state index contributed by atoms with van der Waals surface area (Å²) in [6, 6.07) is 0. The highest BCUT2D eigenvalue weighted by Crippen LogP contribution is 2.02. The monoisotopic (exact) mass is 356 g/mol. The van der Waals surface area contributed by atoms with E-state index in [1.165, 1.54) is 6.21 Å². The number of piperazine rings is 1. The van der Waals surface area contributed by atoms with E-state index < -0.39 is 17.7 Å². The minimum absolute atomic E-state index is 0.0435. The second-order valence-corrected chi connectivity index (χ2v) is 6.02. The van der Waals surface area contributed by atoms with Gasteiger partial charge in [-0.05, 0) is 24.4 Å². The molecule has 0 spiro atoms. The fourth-order valence-electron chi connectivity index (χ4n) is 2.38. The third-order valence-electron chi connectivity index (χ3n) is 3.71. The van der Waals surface area contributed by atoms with Crippen molar-refractivity contribution >= 4 is 52.7 Å². The van der Waals surface area contributed by atoms with Crippen LogP contribution in [0.3, 0.4) is 0 Å². The van der Waals surface area contributed by atoms with Crippen LogP contribution in [-0.4, -0.2) is 84.4 Å². The molecule has 3 N–H and O–H groups in total. The zero-order valence-electron chi connectivity index (χ0n) is 12.9. The highest BCUT2D eigenvalue weighted by molar-refractivity contribution is 7.80. The lowest BCUT2D eigenvalue weighted by molar-refractivity contribution is -0.131. The van der Waals surface area contributed by atoms with E-state index in [1.54, 1.807) is 0 Å². The minimum atomic E-state index is -0.911. The van der Waals surface area contributed by atoms with E-state index in [9.17, 15) is 9.59 Å². The Hall–Kier alpha value is -1.65. The van der Waals surface area contributed by atoms with Crippen LogP contribution in [0.4, 0.5) is 0 Å². The summed E-state index contributed by atoms with van der Waals surface area (Å²) in [6.45, 7) is 4.91. The smallest absolute Gasteiger partial charge is 0.244 e. The largest absolute Gasteiger partial charge is 0.366 e. The van der Waals surface area contributed by atoms with Crippen molar-refractivity contribution in [2.75, 3.05) is 46.3 Å². The average molecular weight is 356 g/mol. The lowest BCUT2D eigenvalue weighted by atomic mass is 10.1. The van der Waals surface area contributed by atoms with E-state index in [-0.39, 0.29) is 5.11 Å². The van der Waals surface area contributed by atoms with Gasteiger partial charge in [-0.15, -0.1) is 0 Å². The van der Waals surface area contributed by atoms with E-state index in [2.05, 4.69) is 30.7 Å². The molecule has 10 heteroatoms. The van der Waals surface area contributed by atoms with Gasteiger partial charge in [-0.1, -0.05) is 0 Å². The number of carbonyl (C=O) groups is 2. The zero-order chi connectivity index (χ0) is 16.8. The first-order valence-electron chi connectivity index (χ1n) is 7.36. The molecule has 0 aromatic heterocycles. The van der Waals surface area contributed by atoms with Crippen LogP contribution in [0.5, 0.6) is 0 Å². The molecule has 2 aliphatic rings. The van der Waals surface area contributed by atoms with Crippen LogP contribution in [0.25, 0.3) is 0 Å². The van der Waals surface area contributed by atoms with Gasteiger partial charge in [0.2, 0.25) is 11.8 Å². The van der Waals surface area contributed by atoms with Gasteiger partial charge < -0.3 is 20.9 Å². The molecule has 0 saturated carbocycles. The maximum atomic E-state index is 11.7. The second-order valence-electron chi connectivity index (χ2n) is 5.22. The molecule has 2 fully saturated rings. The molecule has 0 aromatic rings. The normalized spacial score (nSPS) is 20.6. The Kier molecular flexibility index (Phi) is 6.37. The molecule has 8 nitrogen and oxygen atoms in total. The van der Waals surface area contributed by atoms with Gasteiger partial charge in [0.25, 0.3) is 0 Å². The summed E-state index contributed by atoms with van der Waals surface area (Å²) >= 11 is 9.95. The lowest BCUT2D eigenvalue weighted by Crippen LogP contribution is -2.56. The fraction of sp³-hybridized carbons (Fsp3) is 0.615. The Morgan fingerprint density at radius 2 is 1.91 bits per heavy atom. The summed E-state index contributed by atoms with van der Waals surface area (Å²) in [6.07, 6.45) is 1.39. The Morgan fingerprint density at radius 3 is 2.48 bits per heavy atom. The van der Waals surface area contributed by atoms with Gasteiger partial charge in [0, 0.05) is 46.0 Å². The van der Waals surface area contributed by atoms with Crippen LogP contribution in [0.2, 0.25) is 0 Å². The molecule has 2 heterocycles. The Morgan fingerprint density at radius 1 is 1.30 bits per heavy atom. The van der Waals surface area contributed by atoms with Gasteiger partial charge in [0.05, 0.1) is 6.54 Å². The standard InChI is InChI=1S/C13H20N6O2S2/c1-14-13(23)19-6-4-18(5-7-19)3-2-15-8-9-10(20)16-12(22)17-11(9)21/h8-9H,2-7H2,1H3,(H,14,23)(H2,16,17,20,21,22). The van der Waals surface area contributed by atoms with Crippen molar-refractivity contribution in [1.82, 2.24) is 25.8 Å². The first-order valence-corrected chi connectivity index (χ1v) is 8.17. The van der Waals surface area contributed by atoms with Crippen molar-refractivity contribution in [3.05, 3.63) is 0 Å². The summed E-state index contributed by atoms with van der Waals surface area (Å²) in [7, 11) is 1.83. The van der Waals surface area contributed by atoms with Crippen LogP contribution < -0.4 is 16.0 Å². The number of nitrogens with one attached hydrogen (secondary N) is 3. The van der Waals surface area contributed by atoms with Gasteiger partial charge >= 0.3 is 0 Å². The molecule has 2 amide bonds. The Balaban J connectivity index is 1.71. The number of hydrogen-bond acceptors (Lipinski definition) is 6. The quantitative estimate of drug-likeness (QED) is 0.315. The van der Waals surface area contributed by atoms with Gasteiger partial charge in [0.15, 0.2) is 16.1 Å². The summed E-state index contributed by atoms with van der Waals surface area (Å²) < 4.78 is 0. The molecule has 126 valence electrons. The molecule has 2 aliphatic heterocycles. The van der Waals surface area contributed by atoms with Gasteiger partial charge in [-0.3, -0.25) is 19.5 Å². The number of carbonyl (C=O) groups excluding carboxylic acids is 2. The molecule has 2 saturated heterocycles. The highest BCUT2D eigenvalue weighted by Gasteiger charge is 2.30. The number of nitrogens with zero attached hydrogens (tertiary/aromatic N) is 3. The SMILES string of the molecule is CNC(=S)N1CCN(CCN=CC2C(=O)NC(=S)NC2=O)CC1. The van der Waals surface area contributed by atoms with E-state index in [0.717, 1.165) is 37.8 Å². The maximum Gasteiger partial charge on any atom is 0.244 e. The average Bonchev–Trinajstić information content (AvgIpc) is 2.53. The van der Waals surface area contributed by atoms with E-state index >= 15 is 0 Å². The zero-order valence-corrected chi connectivity index (χ0v) is 14.5. The number of hydrogen-bond donors (Lipinski definition) is 3. The van der Waals surface area contributed by atoms with Crippen LogP contribution in [0, 0.1) is 5.92 Å². The van der Waals surface area contributed by atoms with E-state index in [1.807, 2.05) is 7.05 Å². The van der Waals surface area contributed by atoms with Crippen molar-refractivity contribution in [3.8, 4) is 0 Å². The topological polar surface area (TPSA) is 89.1 Å². The van der Waals surface area contributed by atoms with Crippen molar-refractivity contribution in [2.24, 2.45) is 10.9 Å². The predicted octanol–water partition coefficient (Wildman–Crippen LogP) is -1.67.